The van der Waals surface area contributed by atoms with Crippen LogP contribution in [0.1, 0.15) is 37.1 Å². The fourth-order valence-electron chi connectivity index (χ4n) is 3.09. The van der Waals surface area contributed by atoms with Gasteiger partial charge in [0.05, 0.1) is 12.6 Å². The number of carbonyl (C=O) groups is 1. The molecular formula is C20H24N2O4. The third-order valence-corrected chi connectivity index (χ3v) is 4.79. The van der Waals surface area contributed by atoms with Crippen molar-refractivity contribution in [1.29, 1.82) is 0 Å². The summed E-state index contributed by atoms with van der Waals surface area (Å²) in [5, 5.41) is 22.1. The van der Waals surface area contributed by atoms with Gasteiger partial charge in [-0.1, -0.05) is 24.3 Å². The molecule has 0 aromatic heterocycles. The van der Waals surface area contributed by atoms with Gasteiger partial charge < -0.3 is 20.3 Å². The first-order chi connectivity index (χ1) is 12.4. The number of cyclic esters (lactones) is 1. The zero-order chi connectivity index (χ0) is 18.7. The van der Waals surface area contributed by atoms with E-state index in [9.17, 15) is 15.0 Å². The number of phenols is 2. The first kappa shape index (κ1) is 18.1. The van der Waals surface area contributed by atoms with Gasteiger partial charge in [0, 0.05) is 12.6 Å². The summed E-state index contributed by atoms with van der Waals surface area (Å²) < 4.78 is 5.48. The van der Waals surface area contributed by atoms with Gasteiger partial charge in [-0.3, -0.25) is 4.90 Å². The van der Waals surface area contributed by atoms with E-state index >= 15 is 0 Å². The van der Waals surface area contributed by atoms with Gasteiger partial charge in [0.25, 0.3) is 0 Å². The summed E-state index contributed by atoms with van der Waals surface area (Å²) in [5.41, 5.74) is 2.01. The van der Waals surface area contributed by atoms with Gasteiger partial charge in [0.2, 0.25) is 0 Å². The largest absolute Gasteiger partial charge is 0.508 e. The van der Waals surface area contributed by atoms with E-state index in [-0.39, 0.29) is 35.8 Å². The van der Waals surface area contributed by atoms with Crippen molar-refractivity contribution in [3.63, 3.8) is 0 Å². The predicted octanol–water partition coefficient (Wildman–Crippen LogP) is 3.33. The zero-order valence-electron chi connectivity index (χ0n) is 14.9. The zero-order valence-corrected chi connectivity index (χ0v) is 14.9. The number of hydrogen-bond donors (Lipinski definition) is 3. The molecular weight excluding hydrogens is 332 g/mol. The Hall–Kier alpha value is -2.73. The maximum absolute atomic E-state index is 12.2. The topological polar surface area (TPSA) is 82.0 Å². The second-order valence-corrected chi connectivity index (χ2v) is 6.65. The number of nitrogens with zero attached hydrogens (tertiary/aromatic N) is 1. The molecule has 1 heterocycles. The second kappa shape index (κ2) is 7.66. The molecule has 0 bridgehead atoms. The molecule has 0 aliphatic carbocycles. The summed E-state index contributed by atoms with van der Waals surface area (Å²) in [6, 6.07) is 13.9. The van der Waals surface area contributed by atoms with Crippen LogP contribution >= 0.6 is 0 Å². The lowest BCUT2D eigenvalue weighted by Gasteiger charge is -2.22. The Morgan fingerprint density at radius 3 is 2.15 bits per heavy atom. The maximum Gasteiger partial charge on any atom is 0.410 e. The molecule has 0 spiro atoms. The van der Waals surface area contributed by atoms with Crippen LogP contribution in [0.4, 0.5) is 4.79 Å². The quantitative estimate of drug-likeness (QED) is 0.740. The third-order valence-electron chi connectivity index (χ3n) is 4.79. The van der Waals surface area contributed by atoms with Crippen LogP contribution in [0.2, 0.25) is 0 Å². The first-order valence-electron chi connectivity index (χ1n) is 8.72. The Kier molecular flexibility index (Phi) is 5.32. The van der Waals surface area contributed by atoms with Crippen LogP contribution in [-0.4, -0.2) is 40.4 Å². The fraction of sp³-hybridized carbons (Fsp3) is 0.350. The van der Waals surface area contributed by atoms with E-state index in [1.165, 1.54) is 0 Å². The molecule has 0 radical (unpaired) electrons. The Bertz CT molecular complexity index is 745. The second-order valence-electron chi connectivity index (χ2n) is 6.65. The standard InChI is InChI=1S/C20H24N2O4/c1-13(15-3-7-17(23)8-4-15)21-11-19-12-22(20(25)26-19)14(2)16-5-9-18(24)10-6-16/h3-10,13-14,19,21,23-24H,11-12H2,1-2H3/t13-,14-,19-/m0/s1. The molecule has 3 atom stereocenters. The third kappa shape index (κ3) is 4.08. The minimum Gasteiger partial charge on any atom is -0.508 e. The van der Waals surface area contributed by atoms with Gasteiger partial charge in [-0.15, -0.1) is 0 Å². The lowest BCUT2D eigenvalue weighted by Crippen LogP contribution is -2.33. The van der Waals surface area contributed by atoms with E-state index in [1.54, 1.807) is 29.2 Å². The van der Waals surface area contributed by atoms with Crippen LogP contribution in [0.5, 0.6) is 11.5 Å². The number of phenolic OH excluding ortho intramolecular Hbond substituents is 2. The van der Waals surface area contributed by atoms with Crippen molar-refractivity contribution < 1.29 is 19.7 Å². The highest BCUT2D eigenvalue weighted by molar-refractivity contribution is 5.70. The number of benzene rings is 2. The van der Waals surface area contributed by atoms with Gasteiger partial charge in [0.1, 0.15) is 17.6 Å². The van der Waals surface area contributed by atoms with Crippen LogP contribution < -0.4 is 5.32 Å². The van der Waals surface area contributed by atoms with Gasteiger partial charge >= 0.3 is 6.09 Å². The average molecular weight is 356 g/mol. The molecule has 138 valence electrons. The van der Waals surface area contributed by atoms with Crippen LogP contribution in [-0.2, 0) is 4.74 Å². The minimum absolute atomic E-state index is 0.0814. The molecule has 6 nitrogen and oxygen atoms in total. The molecule has 1 saturated heterocycles. The van der Waals surface area contributed by atoms with Gasteiger partial charge in [-0.05, 0) is 49.2 Å². The number of hydrogen-bond acceptors (Lipinski definition) is 5. The van der Waals surface area contributed by atoms with E-state index in [4.69, 9.17) is 4.74 Å². The fourth-order valence-corrected chi connectivity index (χ4v) is 3.09. The summed E-state index contributed by atoms with van der Waals surface area (Å²) in [5.74, 6) is 0.444. The van der Waals surface area contributed by atoms with E-state index < -0.39 is 0 Å². The van der Waals surface area contributed by atoms with E-state index in [2.05, 4.69) is 5.32 Å². The lowest BCUT2D eigenvalue weighted by atomic mass is 10.1. The molecule has 1 aliphatic rings. The normalized spacial score (nSPS) is 19.2. The maximum atomic E-state index is 12.2. The summed E-state index contributed by atoms with van der Waals surface area (Å²) in [4.78, 5) is 13.9. The highest BCUT2D eigenvalue weighted by Crippen LogP contribution is 2.27. The van der Waals surface area contributed by atoms with Crippen molar-refractivity contribution in [3.05, 3.63) is 59.7 Å². The summed E-state index contributed by atoms with van der Waals surface area (Å²) in [6.07, 6.45) is -0.545. The van der Waals surface area contributed by atoms with Crippen molar-refractivity contribution in [2.24, 2.45) is 0 Å². The molecule has 3 N–H and O–H groups in total. The predicted molar refractivity (Wildman–Crippen MR) is 98.0 cm³/mol. The number of aromatic hydroxyl groups is 2. The Morgan fingerprint density at radius 1 is 1.04 bits per heavy atom. The Labute approximate surface area is 153 Å². The summed E-state index contributed by atoms with van der Waals surface area (Å²) in [7, 11) is 0. The van der Waals surface area contributed by atoms with Crippen molar-refractivity contribution in [3.8, 4) is 11.5 Å². The van der Waals surface area contributed by atoms with E-state index in [0.717, 1.165) is 11.1 Å². The van der Waals surface area contributed by atoms with Crippen molar-refractivity contribution in [2.75, 3.05) is 13.1 Å². The highest BCUT2D eigenvalue weighted by atomic mass is 16.6. The molecule has 6 heteroatoms. The smallest absolute Gasteiger partial charge is 0.410 e. The lowest BCUT2D eigenvalue weighted by molar-refractivity contribution is 0.127. The SMILES string of the molecule is C[C@H](NC[C@H]1CN([C@@H](C)c2ccc(O)cc2)C(=O)O1)c1ccc(O)cc1. The number of carbonyl (C=O) groups excluding carboxylic acids is 1. The van der Waals surface area contributed by atoms with Crippen LogP contribution in [0.15, 0.2) is 48.5 Å². The minimum atomic E-state index is -0.324. The van der Waals surface area contributed by atoms with Gasteiger partial charge in [-0.2, -0.15) is 0 Å². The van der Waals surface area contributed by atoms with E-state index in [1.807, 2.05) is 38.1 Å². The van der Waals surface area contributed by atoms with Crippen LogP contribution in [0.25, 0.3) is 0 Å². The number of nitrogens with one attached hydrogen (secondary N) is 1. The summed E-state index contributed by atoms with van der Waals surface area (Å²) in [6.45, 7) is 5.03. The molecule has 2 aromatic rings. The molecule has 1 aliphatic heterocycles. The van der Waals surface area contributed by atoms with Crippen molar-refractivity contribution in [1.82, 2.24) is 10.2 Å². The average Bonchev–Trinajstić information content (AvgIpc) is 3.01. The molecule has 3 rings (SSSR count). The number of amides is 1. The Balaban J connectivity index is 1.55. The van der Waals surface area contributed by atoms with E-state index in [0.29, 0.717) is 13.1 Å². The Morgan fingerprint density at radius 2 is 1.58 bits per heavy atom. The molecule has 1 amide bonds. The monoisotopic (exact) mass is 356 g/mol. The molecule has 0 saturated carbocycles. The van der Waals surface area contributed by atoms with Gasteiger partial charge in [-0.25, -0.2) is 4.79 Å². The molecule has 2 aromatic carbocycles. The first-order valence-corrected chi connectivity index (χ1v) is 8.72. The number of rotatable bonds is 6. The molecule has 26 heavy (non-hydrogen) atoms. The van der Waals surface area contributed by atoms with Gasteiger partial charge in [0.15, 0.2) is 0 Å². The van der Waals surface area contributed by atoms with Crippen LogP contribution in [0.3, 0.4) is 0 Å². The van der Waals surface area contributed by atoms with Crippen LogP contribution in [0, 0.1) is 0 Å². The van der Waals surface area contributed by atoms with Crippen molar-refractivity contribution >= 4 is 6.09 Å². The highest BCUT2D eigenvalue weighted by Gasteiger charge is 2.34. The van der Waals surface area contributed by atoms with Crippen molar-refractivity contribution in [2.45, 2.75) is 32.0 Å². The number of ether oxygens (including phenoxy) is 1. The summed E-state index contributed by atoms with van der Waals surface area (Å²) >= 11 is 0. The molecule has 1 fully saturated rings. The molecule has 0 unspecified atom stereocenters.